The summed E-state index contributed by atoms with van der Waals surface area (Å²) in [5.74, 6) is -0.980. The predicted octanol–water partition coefficient (Wildman–Crippen LogP) is 11.1. The topological polar surface area (TPSA) is 78.9 Å². The van der Waals surface area contributed by atoms with Crippen molar-refractivity contribution >= 4 is 17.9 Å². The van der Waals surface area contributed by atoms with Gasteiger partial charge in [0.2, 0.25) is 0 Å². The van der Waals surface area contributed by atoms with Crippen molar-refractivity contribution in [1.29, 1.82) is 0 Å². The largest absolute Gasteiger partial charge is 0.462 e. The lowest BCUT2D eigenvalue weighted by Crippen LogP contribution is -2.30. The van der Waals surface area contributed by atoms with Gasteiger partial charge in [-0.3, -0.25) is 14.4 Å². The van der Waals surface area contributed by atoms with Crippen LogP contribution in [0.25, 0.3) is 0 Å². The van der Waals surface area contributed by atoms with E-state index in [1.54, 1.807) is 0 Å². The number of carbonyl (C=O) groups is 3. The smallest absolute Gasteiger partial charge is 0.306 e. The highest BCUT2D eigenvalue weighted by Crippen LogP contribution is 2.12. The molecule has 0 aromatic carbocycles. The molecule has 6 heteroatoms. The van der Waals surface area contributed by atoms with E-state index in [-0.39, 0.29) is 37.5 Å². The molecule has 0 spiro atoms. The molecule has 1 unspecified atom stereocenters. The van der Waals surface area contributed by atoms with Crippen LogP contribution in [-0.4, -0.2) is 37.2 Å². The lowest BCUT2D eigenvalue weighted by molar-refractivity contribution is -0.167. The molecule has 0 saturated heterocycles. The Morgan fingerprint density at radius 2 is 0.889 bits per heavy atom. The van der Waals surface area contributed by atoms with E-state index in [9.17, 15) is 14.4 Å². The number of hydrogen-bond acceptors (Lipinski definition) is 6. The van der Waals surface area contributed by atoms with E-state index in [4.69, 9.17) is 14.2 Å². The summed E-state index contributed by atoms with van der Waals surface area (Å²) in [7, 11) is 0. The van der Waals surface area contributed by atoms with Gasteiger partial charge in [0.15, 0.2) is 6.10 Å². The Bertz CT molecular complexity index is 784. The monoisotopic (exact) mass is 633 g/mol. The van der Waals surface area contributed by atoms with Crippen molar-refractivity contribution in [1.82, 2.24) is 0 Å². The Kier molecular flexibility index (Phi) is 32.7. The fourth-order valence-corrected chi connectivity index (χ4v) is 4.83. The molecule has 0 aromatic rings. The zero-order valence-electron chi connectivity index (χ0n) is 29.4. The Labute approximate surface area is 276 Å². The van der Waals surface area contributed by atoms with Gasteiger partial charge in [0.25, 0.3) is 0 Å². The van der Waals surface area contributed by atoms with Gasteiger partial charge in [0, 0.05) is 19.3 Å². The van der Waals surface area contributed by atoms with Crippen molar-refractivity contribution in [3.8, 4) is 0 Å². The molecule has 0 heterocycles. The summed E-state index contributed by atoms with van der Waals surface area (Å²) >= 11 is 0. The van der Waals surface area contributed by atoms with Crippen LogP contribution in [0.1, 0.15) is 175 Å². The first-order valence-electron chi connectivity index (χ1n) is 18.5. The molecule has 0 bridgehead atoms. The molecule has 1 atom stereocenters. The fourth-order valence-electron chi connectivity index (χ4n) is 4.83. The maximum atomic E-state index is 12.5. The molecule has 0 N–H and O–H groups in total. The average molecular weight is 633 g/mol. The van der Waals surface area contributed by atoms with E-state index in [0.29, 0.717) is 19.3 Å². The fraction of sp³-hybridized carbons (Fsp3) is 0.769. The molecule has 0 aromatic heterocycles. The standard InChI is InChI=1S/C39H68O6/c1-4-7-10-13-16-19-22-25-28-31-37(40)43-34-36(45-39(42)33-30-27-24-21-18-15-12-9-6-3)35-44-38(41)32-29-26-23-20-17-14-11-8-5-2/h7,10,16,19,21,24,36H,4-6,8-9,11-15,17-18,20,22-23,25-35H2,1-3H3/b10-7-,19-16-,24-21-. The van der Waals surface area contributed by atoms with Crippen LogP contribution >= 0.6 is 0 Å². The van der Waals surface area contributed by atoms with Gasteiger partial charge in [0.1, 0.15) is 13.2 Å². The number of esters is 3. The van der Waals surface area contributed by atoms with Gasteiger partial charge in [-0.05, 0) is 64.2 Å². The summed E-state index contributed by atoms with van der Waals surface area (Å²) in [6.07, 6.45) is 35.8. The Hall–Kier alpha value is -2.37. The van der Waals surface area contributed by atoms with E-state index >= 15 is 0 Å². The van der Waals surface area contributed by atoms with Crippen LogP contribution in [0, 0.1) is 0 Å². The molecule has 0 saturated carbocycles. The zero-order valence-corrected chi connectivity index (χ0v) is 29.4. The number of carbonyl (C=O) groups excluding carboxylic acids is 3. The van der Waals surface area contributed by atoms with Gasteiger partial charge in [0.05, 0.1) is 0 Å². The average Bonchev–Trinajstić information content (AvgIpc) is 3.03. The molecule has 0 aliphatic carbocycles. The summed E-state index contributed by atoms with van der Waals surface area (Å²) in [5.41, 5.74) is 0. The summed E-state index contributed by atoms with van der Waals surface area (Å²) in [4.78, 5) is 37.2. The third kappa shape index (κ3) is 32.8. The number of hydrogen-bond donors (Lipinski definition) is 0. The zero-order chi connectivity index (χ0) is 33.1. The summed E-state index contributed by atoms with van der Waals surface area (Å²) < 4.78 is 16.4. The van der Waals surface area contributed by atoms with E-state index in [1.165, 1.54) is 64.2 Å². The second-order valence-electron chi connectivity index (χ2n) is 12.1. The van der Waals surface area contributed by atoms with E-state index in [1.807, 2.05) is 0 Å². The maximum Gasteiger partial charge on any atom is 0.306 e. The number of ether oxygens (including phenoxy) is 3. The van der Waals surface area contributed by atoms with Crippen LogP contribution in [0.5, 0.6) is 0 Å². The molecular formula is C39H68O6. The van der Waals surface area contributed by atoms with E-state index in [2.05, 4.69) is 57.2 Å². The molecule has 45 heavy (non-hydrogen) atoms. The molecule has 0 fully saturated rings. The first-order chi connectivity index (χ1) is 22.0. The number of allylic oxidation sites excluding steroid dienone is 6. The Morgan fingerprint density at radius 3 is 1.47 bits per heavy atom. The molecule has 0 aliphatic heterocycles. The van der Waals surface area contributed by atoms with Crippen LogP contribution in [0.15, 0.2) is 36.5 Å². The third-order valence-corrected chi connectivity index (χ3v) is 7.63. The van der Waals surface area contributed by atoms with Gasteiger partial charge in [-0.15, -0.1) is 0 Å². The van der Waals surface area contributed by atoms with Gasteiger partial charge in [-0.2, -0.15) is 0 Å². The second-order valence-corrected chi connectivity index (χ2v) is 12.1. The van der Waals surface area contributed by atoms with Crippen molar-refractivity contribution in [3.63, 3.8) is 0 Å². The van der Waals surface area contributed by atoms with Crippen LogP contribution in [0.3, 0.4) is 0 Å². The van der Waals surface area contributed by atoms with E-state index in [0.717, 1.165) is 64.2 Å². The predicted molar refractivity (Wildman–Crippen MR) is 187 cm³/mol. The molecular weight excluding hydrogens is 564 g/mol. The Morgan fingerprint density at radius 1 is 0.467 bits per heavy atom. The highest BCUT2D eigenvalue weighted by Gasteiger charge is 2.19. The van der Waals surface area contributed by atoms with Crippen LogP contribution in [0.2, 0.25) is 0 Å². The quantitative estimate of drug-likeness (QED) is 0.0318. The minimum Gasteiger partial charge on any atom is -0.462 e. The van der Waals surface area contributed by atoms with Crippen LogP contribution in [-0.2, 0) is 28.6 Å². The normalized spacial score (nSPS) is 12.3. The summed E-state index contributed by atoms with van der Waals surface area (Å²) in [6.45, 7) is 6.36. The summed E-state index contributed by atoms with van der Waals surface area (Å²) in [6, 6.07) is 0. The molecule has 0 rings (SSSR count). The summed E-state index contributed by atoms with van der Waals surface area (Å²) in [5, 5.41) is 0. The Balaban J connectivity index is 4.46. The minimum atomic E-state index is -0.790. The van der Waals surface area contributed by atoms with Crippen molar-refractivity contribution in [2.45, 2.75) is 181 Å². The molecule has 0 aliphatic rings. The van der Waals surface area contributed by atoms with Gasteiger partial charge in [-0.25, -0.2) is 0 Å². The maximum absolute atomic E-state index is 12.5. The van der Waals surface area contributed by atoms with Gasteiger partial charge in [-0.1, -0.05) is 128 Å². The lowest BCUT2D eigenvalue weighted by atomic mass is 10.1. The molecule has 0 amide bonds. The first-order valence-corrected chi connectivity index (χ1v) is 18.5. The van der Waals surface area contributed by atoms with Crippen LogP contribution < -0.4 is 0 Å². The van der Waals surface area contributed by atoms with Gasteiger partial charge < -0.3 is 14.2 Å². The van der Waals surface area contributed by atoms with Gasteiger partial charge >= 0.3 is 17.9 Å². The molecule has 0 radical (unpaired) electrons. The third-order valence-electron chi connectivity index (χ3n) is 7.63. The van der Waals surface area contributed by atoms with Crippen molar-refractivity contribution in [2.75, 3.05) is 13.2 Å². The van der Waals surface area contributed by atoms with E-state index < -0.39 is 6.10 Å². The minimum absolute atomic E-state index is 0.0930. The van der Waals surface area contributed by atoms with Crippen molar-refractivity contribution in [3.05, 3.63) is 36.5 Å². The highest BCUT2D eigenvalue weighted by atomic mass is 16.6. The lowest BCUT2D eigenvalue weighted by Gasteiger charge is -2.18. The molecule has 260 valence electrons. The van der Waals surface area contributed by atoms with Crippen molar-refractivity contribution < 1.29 is 28.6 Å². The first kappa shape index (κ1) is 42.6. The SMILES string of the molecule is CC/C=C\C/C=C\CCCCC(=O)OCC(COC(=O)CCCCCCCCCCC)OC(=O)CCC/C=C\CCCCCC. The number of rotatable bonds is 32. The molecule has 6 nitrogen and oxygen atoms in total. The number of unbranched alkanes of at least 4 members (excludes halogenated alkanes) is 15. The highest BCUT2D eigenvalue weighted by molar-refractivity contribution is 5.71. The second kappa shape index (κ2) is 34.5. The van der Waals surface area contributed by atoms with Crippen LogP contribution in [0.4, 0.5) is 0 Å². The van der Waals surface area contributed by atoms with Crippen molar-refractivity contribution in [2.24, 2.45) is 0 Å².